The first-order chi connectivity index (χ1) is 46.9. The third kappa shape index (κ3) is 9.21. The molecule has 92 heavy (non-hydrogen) atoms. The fraction of sp³-hybridized carbons (Fsp3) is 0.184. The van der Waals surface area contributed by atoms with Crippen molar-refractivity contribution in [2.24, 2.45) is 0 Å². The molecule has 5 heteroatoms. The average Bonchev–Trinajstić information content (AvgIpc) is 1.51. The SMILES string of the molecule is [2H]c1c(Oc2ccc3c4ccccc4n(-c4cc(C([2H])([2H])[2H])c(-c5ccc(C(C)(C)C)cc5)cn4)c3c2)cc(N2CN(c3c(-c4cc(C(C)(C)C)cc(C(C)(C)C)c4)cccc3-c3ccc4c(c3)C3(c5ccccc5Cc5ccccc53)c3ccccc3-4)c3ccccc32)c([2H])c1[2H]. The van der Waals surface area contributed by atoms with Crippen molar-refractivity contribution in [3.63, 3.8) is 0 Å². The van der Waals surface area contributed by atoms with Crippen molar-refractivity contribution in [2.45, 2.75) is 97.2 Å². The molecule has 1 aliphatic heterocycles. The van der Waals surface area contributed by atoms with Gasteiger partial charge in [-0.2, -0.15) is 0 Å². The molecule has 0 fully saturated rings. The summed E-state index contributed by atoms with van der Waals surface area (Å²) in [6.07, 6.45) is 2.52. The Morgan fingerprint density at radius 1 is 0.446 bits per heavy atom. The van der Waals surface area contributed by atoms with Crippen LogP contribution in [0.5, 0.6) is 11.5 Å². The number of para-hydroxylation sites is 4. The number of pyridine rings is 1. The lowest BCUT2D eigenvalue weighted by molar-refractivity contribution is 0.483. The molecule has 0 N–H and O–H groups in total. The Morgan fingerprint density at radius 2 is 1.04 bits per heavy atom. The molecule has 11 aromatic carbocycles. The molecule has 3 aliphatic rings. The van der Waals surface area contributed by atoms with E-state index in [2.05, 4.69) is 230 Å². The van der Waals surface area contributed by atoms with E-state index in [1.807, 2.05) is 65.2 Å². The fourth-order valence-corrected chi connectivity index (χ4v) is 14.9. The van der Waals surface area contributed by atoms with Gasteiger partial charge in [0.2, 0.25) is 0 Å². The minimum Gasteiger partial charge on any atom is -0.457 e. The second kappa shape index (κ2) is 21.2. The molecule has 0 radical (unpaired) electrons. The Morgan fingerprint density at radius 3 is 1.75 bits per heavy atom. The van der Waals surface area contributed by atoms with Crippen molar-refractivity contribution >= 4 is 44.6 Å². The Hall–Kier alpha value is -10.2. The van der Waals surface area contributed by atoms with Gasteiger partial charge in [0.05, 0.1) is 37.6 Å². The third-order valence-electron chi connectivity index (χ3n) is 19.6. The number of nitrogens with zero attached hydrogens (tertiary/aromatic N) is 4. The van der Waals surface area contributed by atoms with Gasteiger partial charge in [-0.05, 0) is 168 Å². The van der Waals surface area contributed by atoms with Crippen molar-refractivity contribution in [3.8, 4) is 61.8 Å². The highest BCUT2D eigenvalue weighted by Gasteiger charge is 2.50. The maximum atomic E-state index is 9.82. The molecule has 0 amide bonds. The predicted molar refractivity (Wildman–Crippen MR) is 384 cm³/mol. The first kappa shape index (κ1) is 50.5. The van der Waals surface area contributed by atoms with Crippen LogP contribution >= 0.6 is 0 Å². The largest absolute Gasteiger partial charge is 0.457 e. The highest BCUT2D eigenvalue weighted by Crippen LogP contribution is 2.61. The van der Waals surface area contributed by atoms with Gasteiger partial charge >= 0.3 is 0 Å². The van der Waals surface area contributed by atoms with Gasteiger partial charge < -0.3 is 14.5 Å². The van der Waals surface area contributed by atoms with Gasteiger partial charge in [-0.1, -0.05) is 244 Å². The van der Waals surface area contributed by atoms with Gasteiger partial charge in [-0.3, -0.25) is 4.57 Å². The maximum absolute atomic E-state index is 9.82. The number of anilines is 4. The lowest BCUT2D eigenvalue weighted by Crippen LogP contribution is -2.34. The van der Waals surface area contributed by atoms with E-state index in [0.29, 0.717) is 28.3 Å². The van der Waals surface area contributed by atoms with E-state index in [-0.39, 0.29) is 52.4 Å². The molecule has 13 aromatic rings. The van der Waals surface area contributed by atoms with Crippen LogP contribution < -0.4 is 14.5 Å². The molecule has 0 bridgehead atoms. The van der Waals surface area contributed by atoms with Crippen molar-refractivity contribution in [1.82, 2.24) is 9.55 Å². The summed E-state index contributed by atoms with van der Waals surface area (Å²) in [5.41, 5.74) is 23.4. The second-order valence-corrected chi connectivity index (χ2v) is 28.4. The number of aryl methyl sites for hydroxylation is 1. The molecule has 1 spiro atoms. The summed E-state index contributed by atoms with van der Waals surface area (Å²) in [6.45, 7) is 18.0. The quantitative estimate of drug-likeness (QED) is 0.152. The number of rotatable bonds is 8. The van der Waals surface area contributed by atoms with Crippen LogP contribution in [0.2, 0.25) is 0 Å². The zero-order valence-corrected chi connectivity index (χ0v) is 53.6. The van der Waals surface area contributed by atoms with Gasteiger partial charge in [-0.15, -0.1) is 0 Å². The molecular weight excluding hydrogens is 1120 g/mol. The van der Waals surface area contributed by atoms with E-state index in [4.69, 9.17) is 13.8 Å². The minimum atomic E-state index is -2.47. The molecule has 2 aromatic heterocycles. The number of aromatic nitrogens is 2. The number of fused-ring (bicyclic) bond motifs is 13. The van der Waals surface area contributed by atoms with Gasteiger partial charge in [0.15, 0.2) is 0 Å². The van der Waals surface area contributed by atoms with Crippen LogP contribution in [0.4, 0.5) is 22.7 Å². The van der Waals surface area contributed by atoms with Crippen molar-refractivity contribution in [1.29, 1.82) is 0 Å². The van der Waals surface area contributed by atoms with Crippen LogP contribution in [0.25, 0.3) is 72.1 Å². The third-order valence-corrected chi connectivity index (χ3v) is 19.6. The van der Waals surface area contributed by atoms with E-state index < -0.39 is 12.3 Å². The van der Waals surface area contributed by atoms with E-state index in [1.54, 1.807) is 18.3 Å². The molecule has 0 unspecified atom stereocenters. The predicted octanol–water partition coefficient (Wildman–Crippen LogP) is 22.7. The zero-order valence-electron chi connectivity index (χ0n) is 59.6. The van der Waals surface area contributed by atoms with Crippen LogP contribution in [0, 0.1) is 6.85 Å². The summed E-state index contributed by atoms with van der Waals surface area (Å²) in [7, 11) is 0. The summed E-state index contributed by atoms with van der Waals surface area (Å²) >= 11 is 0. The standard InChI is InChI=1S/C87H76N4O/c1-55-45-82(88-53-73(55)56-37-40-61(41-38-56)84(2,3)4)91-78-34-18-14-28-71(78)72-44-42-66(52-81(72)91)92-65-26-21-25-64(51-65)89-54-90(80-36-20-19-35-79(80)89)83-67(29-22-30-68(83)60-47-62(85(5,6)7)50-63(48-60)86(8,9)10)57-39-43-70-69-27-13-17-33-76(69)87(77(70)49-57)74-31-15-11-23-58(74)46-59-24-12-16-32-75(59)87/h11-45,47-53H,46,54H2,1-10H3/i1D3,21D,25D,26D. The molecule has 0 saturated heterocycles. The summed E-state index contributed by atoms with van der Waals surface area (Å²) in [4.78, 5) is 9.49. The van der Waals surface area contributed by atoms with E-state index >= 15 is 0 Å². The van der Waals surface area contributed by atoms with E-state index in [1.165, 1.54) is 55.6 Å². The van der Waals surface area contributed by atoms with Crippen LogP contribution in [0.3, 0.4) is 0 Å². The van der Waals surface area contributed by atoms with Gasteiger partial charge in [0.25, 0.3) is 0 Å². The number of hydrogen-bond acceptors (Lipinski definition) is 4. The Balaban J connectivity index is 0.840. The Kier molecular flexibility index (Phi) is 11.6. The molecule has 5 nitrogen and oxygen atoms in total. The first-order valence-electron chi connectivity index (χ1n) is 35.1. The molecule has 16 rings (SSSR count). The van der Waals surface area contributed by atoms with E-state index in [9.17, 15) is 4.11 Å². The smallest absolute Gasteiger partial charge is 0.137 e. The monoisotopic (exact) mass is 1200 g/mol. The van der Waals surface area contributed by atoms with Gasteiger partial charge in [0, 0.05) is 55.6 Å². The first-order valence-corrected chi connectivity index (χ1v) is 32.1. The summed E-state index contributed by atoms with van der Waals surface area (Å²) in [5.74, 6) is 0.922. The summed E-state index contributed by atoms with van der Waals surface area (Å²) in [6, 6.07) is 80.9. The summed E-state index contributed by atoms with van der Waals surface area (Å²) in [5, 5.41) is 1.83. The molecule has 0 atom stereocenters. The second-order valence-electron chi connectivity index (χ2n) is 28.4. The van der Waals surface area contributed by atoms with Crippen LogP contribution in [-0.2, 0) is 28.1 Å². The zero-order chi connectivity index (χ0) is 68.1. The van der Waals surface area contributed by atoms with E-state index in [0.717, 1.165) is 73.2 Å². The minimum absolute atomic E-state index is 0.0763. The maximum Gasteiger partial charge on any atom is 0.137 e. The van der Waals surface area contributed by atoms with Crippen molar-refractivity contribution < 1.29 is 13.0 Å². The number of benzene rings is 11. The molecule has 450 valence electrons. The number of ether oxygens (including phenoxy) is 1. The highest BCUT2D eigenvalue weighted by atomic mass is 16.5. The number of hydrogen-bond donors (Lipinski definition) is 0. The molecule has 0 saturated carbocycles. The summed E-state index contributed by atoms with van der Waals surface area (Å²) < 4.78 is 64.1. The topological polar surface area (TPSA) is 33.5 Å². The Labute approximate surface area is 550 Å². The average molecular weight is 1200 g/mol. The van der Waals surface area contributed by atoms with Crippen LogP contribution in [-0.4, -0.2) is 16.2 Å². The lowest BCUT2D eigenvalue weighted by atomic mass is 9.61. The van der Waals surface area contributed by atoms with Crippen LogP contribution in [0.1, 0.15) is 126 Å². The van der Waals surface area contributed by atoms with Gasteiger partial charge in [0.1, 0.15) is 24.0 Å². The molecular formula is C87H76N4O. The van der Waals surface area contributed by atoms with Crippen LogP contribution in [0.15, 0.2) is 255 Å². The highest BCUT2D eigenvalue weighted by molar-refractivity contribution is 6.09. The Bertz CT molecular complexity index is 5350. The van der Waals surface area contributed by atoms with Crippen molar-refractivity contribution in [3.05, 3.63) is 310 Å². The van der Waals surface area contributed by atoms with Crippen molar-refractivity contribution in [2.75, 3.05) is 16.5 Å². The van der Waals surface area contributed by atoms with Gasteiger partial charge in [-0.25, -0.2) is 4.98 Å². The fourth-order valence-electron chi connectivity index (χ4n) is 14.9. The normalized spacial score (nSPS) is 15.0. The molecule has 3 heterocycles. The molecule has 2 aliphatic carbocycles. The lowest BCUT2D eigenvalue weighted by Gasteiger charge is -2.40.